The first-order valence-electron chi connectivity index (χ1n) is 11.9. The van der Waals surface area contributed by atoms with Crippen molar-refractivity contribution in [2.45, 2.75) is 33.2 Å². The van der Waals surface area contributed by atoms with Gasteiger partial charge in [0.05, 0.1) is 6.54 Å². The van der Waals surface area contributed by atoms with Crippen LogP contribution in [0.2, 0.25) is 0 Å². The summed E-state index contributed by atoms with van der Waals surface area (Å²) >= 11 is 0. The minimum Gasteiger partial charge on any atom is -0.326 e. The van der Waals surface area contributed by atoms with Gasteiger partial charge in [-0.05, 0) is 37.5 Å². The lowest BCUT2D eigenvalue weighted by atomic mass is 10.1. The molecule has 36 heavy (non-hydrogen) atoms. The molecule has 0 aliphatic rings. The van der Waals surface area contributed by atoms with E-state index < -0.39 is 0 Å². The van der Waals surface area contributed by atoms with Gasteiger partial charge in [-0.1, -0.05) is 78.9 Å². The molecule has 0 aliphatic carbocycles. The molecule has 2 heterocycles. The second-order valence-corrected chi connectivity index (χ2v) is 8.82. The maximum Gasteiger partial charge on any atom is 0.279 e. The monoisotopic (exact) mass is 477 g/mol. The van der Waals surface area contributed by atoms with E-state index in [0.717, 1.165) is 28.1 Å². The quantitative estimate of drug-likeness (QED) is 0.365. The Morgan fingerprint density at radius 3 is 2.28 bits per heavy atom. The Bertz CT molecular complexity index is 1590. The molecule has 2 aromatic heterocycles. The third kappa shape index (κ3) is 4.68. The number of benzene rings is 3. The molecule has 0 fully saturated rings. The minimum atomic E-state index is -0.245. The van der Waals surface area contributed by atoms with E-state index in [2.05, 4.69) is 10.4 Å². The van der Waals surface area contributed by atoms with Crippen LogP contribution in [0.3, 0.4) is 0 Å². The highest BCUT2D eigenvalue weighted by Crippen LogP contribution is 2.19. The lowest BCUT2D eigenvalue weighted by Crippen LogP contribution is -2.27. The third-order valence-electron chi connectivity index (χ3n) is 6.36. The molecule has 0 saturated heterocycles. The van der Waals surface area contributed by atoms with Gasteiger partial charge >= 0.3 is 0 Å². The fourth-order valence-electron chi connectivity index (χ4n) is 4.33. The van der Waals surface area contributed by atoms with Crippen LogP contribution in [0.15, 0.2) is 89.7 Å². The number of aromatic nitrogens is 4. The molecule has 7 heteroatoms. The van der Waals surface area contributed by atoms with E-state index in [9.17, 15) is 9.59 Å². The molecule has 0 unspecified atom stereocenters. The van der Waals surface area contributed by atoms with Gasteiger partial charge in [-0.3, -0.25) is 9.59 Å². The van der Waals surface area contributed by atoms with Crippen LogP contribution in [-0.4, -0.2) is 25.1 Å². The molecule has 0 aliphatic heterocycles. The maximum absolute atomic E-state index is 13.5. The number of hydrogen-bond acceptors (Lipinski definition) is 4. The predicted molar refractivity (Wildman–Crippen MR) is 141 cm³/mol. The average molecular weight is 478 g/mol. The topological polar surface area (TPSA) is 81.3 Å². The smallest absolute Gasteiger partial charge is 0.279 e. The average Bonchev–Trinajstić information content (AvgIpc) is 3.35. The Balaban J connectivity index is 1.53. The van der Waals surface area contributed by atoms with Crippen molar-refractivity contribution in [3.05, 3.63) is 118 Å². The number of aryl methyl sites for hydroxylation is 1. The summed E-state index contributed by atoms with van der Waals surface area (Å²) < 4.78 is 3.37. The van der Waals surface area contributed by atoms with Crippen LogP contribution in [0.25, 0.3) is 17.2 Å². The number of carbonyl (C=O) groups excluding carboxylic acids is 1. The summed E-state index contributed by atoms with van der Waals surface area (Å²) in [5.74, 6) is 0.832. The molecule has 0 atom stereocenters. The van der Waals surface area contributed by atoms with E-state index in [-0.39, 0.29) is 17.9 Å². The number of carbonyl (C=O) groups is 1. The summed E-state index contributed by atoms with van der Waals surface area (Å²) in [4.78, 5) is 31.0. The number of hydrogen-bond donors (Lipinski definition) is 1. The molecule has 0 bridgehead atoms. The van der Waals surface area contributed by atoms with Gasteiger partial charge in [-0.15, -0.1) is 5.10 Å². The van der Waals surface area contributed by atoms with Gasteiger partial charge in [0.2, 0.25) is 11.7 Å². The first-order valence-corrected chi connectivity index (χ1v) is 11.9. The Kier molecular flexibility index (Phi) is 6.45. The number of amides is 1. The van der Waals surface area contributed by atoms with E-state index in [1.165, 1.54) is 4.52 Å². The van der Waals surface area contributed by atoms with E-state index in [4.69, 9.17) is 4.98 Å². The summed E-state index contributed by atoms with van der Waals surface area (Å²) in [6.07, 6.45) is 0.481. The fraction of sp³-hybridized carbons (Fsp3) is 0.172. The Labute approximate surface area is 209 Å². The summed E-state index contributed by atoms with van der Waals surface area (Å²) in [5.41, 5.74) is 4.78. The number of nitrogens with one attached hydrogen (secondary N) is 1. The van der Waals surface area contributed by atoms with Crippen molar-refractivity contribution in [2.75, 3.05) is 5.32 Å². The summed E-state index contributed by atoms with van der Waals surface area (Å²) in [7, 11) is 0. The number of fused-ring (bicyclic) bond motifs is 1. The van der Waals surface area contributed by atoms with Crippen molar-refractivity contribution >= 4 is 17.4 Å². The molecular weight excluding hydrogens is 450 g/mol. The standard InChI is InChI=1S/C29H27N5O2/c1-20-11-9-10-16-25(20)30-26(35)18-17-24-21(2)33(19-22-12-5-3-6-13-22)29-31-27(32-34(29)28(24)36)23-14-7-4-8-15-23/h3-16H,17-19H2,1-2H3,(H,30,35). The van der Waals surface area contributed by atoms with E-state index >= 15 is 0 Å². The summed E-state index contributed by atoms with van der Waals surface area (Å²) in [5, 5.41) is 7.52. The molecule has 5 aromatic rings. The van der Waals surface area contributed by atoms with Crippen molar-refractivity contribution < 1.29 is 4.79 Å². The zero-order valence-corrected chi connectivity index (χ0v) is 20.3. The lowest BCUT2D eigenvalue weighted by molar-refractivity contribution is -0.116. The molecular formula is C29H27N5O2. The molecule has 3 aromatic carbocycles. The zero-order valence-electron chi connectivity index (χ0n) is 20.3. The number of nitrogens with zero attached hydrogens (tertiary/aromatic N) is 4. The second kappa shape index (κ2) is 10.00. The van der Waals surface area contributed by atoms with Crippen LogP contribution < -0.4 is 10.9 Å². The molecule has 0 radical (unpaired) electrons. The van der Waals surface area contributed by atoms with E-state index in [1.807, 2.05) is 103 Å². The molecule has 0 spiro atoms. The van der Waals surface area contributed by atoms with Crippen molar-refractivity contribution in [2.24, 2.45) is 0 Å². The van der Waals surface area contributed by atoms with Gasteiger partial charge in [-0.25, -0.2) is 0 Å². The lowest BCUT2D eigenvalue weighted by Gasteiger charge is -2.16. The molecule has 180 valence electrons. The normalized spacial score (nSPS) is 11.1. The van der Waals surface area contributed by atoms with Crippen molar-refractivity contribution in [3.63, 3.8) is 0 Å². The largest absolute Gasteiger partial charge is 0.326 e. The number of para-hydroxylation sites is 1. The van der Waals surface area contributed by atoms with E-state index in [1.54, 1.807) is 0 Å². The van der Waals surface area contributed by atoms with Crippen LogP contribution >= 0.6 is 0 Å². The highest BCUT2D eigenvalue weighted by atomic mass is 16.1. The van der Waals surface area contributed by atoms with Crippen LogP contribution in [0.5, 0.6) is 0 Å². The van der Waals surface area contributed by atoms with Crippen molar-refractivity contribution in [1.82, 2.24) is 19.2 Å². The van der Waals surface area contributed by atoms with Gasteiger partial charge in [-0.2, -0.15) is 9.50 Å². The molecule has 5 rings (SSSR count). The Morgan fingerprint density at radius 2 is 1.56 bits per heavy atom. The Hall–Kier alpha value is -4.52. The third-order valence-corrected chi connectivity index (χ3v) is 6.36. The number of rotatable bonds is 7. The van der Waals surface area contributed by atoms with Crippen LogP contribution in [0.4, 0.5) is 5.69 Å². The summed E-state index contributed by atoms with van der Waals surface area (Å²) in [6, 6.07) is 27.3. The van der Waals surface area contributed by atoms with Crippen molar-refractivity contribution in [3.8, 4) is 11.4 Å². The van der Waals surface area contributed by atoms with Crippen LogP contribution in [0, 0.1) is 13.8 Å². The van der Waals surface area contributed by atoms with Crippen LogP contribution in [-0.2, 0) is 17.8 Å². The number of anilines is 1. The van der Waals surface area contributed by atoms with Gasteiger partial charge in [0.1, 0.15) is 0 Å². The predicted octanol–water partition coefficient (Wildman–Crippen LogP) is 4.79. The molecule has 7 nitrogen and oxygen atoms in total. The van der Waals surface area contributed by atoms with Crippen molar-refractivity contribution in [1.29, 1.82) is 0 Å². The molecule has 0 saturated carbocycles. The van der Waals surface area contributed by atoms with Crippen LogP contribution in [0.1, 0.15) is 28.8 Å². The fourth-order valence-corrected chi connectivity index (χ4v) is 4.33. The maximum atomic E-state index is 13.5. The second-order valence-electron chi connectivity index (χ2n) is 8.82. The molecule has 1 amide bonds. The van der Waals surface area contributed by atoms with Gasteiger partial charge in [0.15, 0.2) is 5.82 Å². The van der Waals surface area contributed by atoms with Gasteiger partial charge < -0.3 is 9.88 Å². The van der Waals surface area contributed by atoms with Gasteiger partial charge in [0, 0.05) is 28.9 Å². The minimum absolute atomic E-state index is 0.138. The van der Waals surface area contributed by atoms with E-state index in [0.29, 0.717) is 30.1 Å². The zero-order chi connectivity index (χ0) is 25.1. The first kappa shape index (κ1) is 23.2. The Morgan fingerprint density at radius 1 is 0.889 bits per heavy atom. The highest BCUT2D eigenvalue weighted by molar-refractivity contribution is 5.91. The summed E-state index contributed by atoms with van der Waals surface area (Å²) in [6.45, 7) is 4.40. The van der Waals surface area contributed by atoms with Gasteiger partial charge in [0.25, 0.3) is 5.56 Å². The highest BCUT2D eigenvalue weighted by Gasteiger charge is 2.19. The SMILES string of the molecule is Cc1ccccc1NC(=O)CCc1c(C)n(Cc2ccccc2)c2nc(-c3ccccc3)nn2c1=O. The first-order chi connectivity index (χ1) is 17.5. The molecule has 1 N–H and O–H groups in total.